The molecule has 0 aliphatic rings. The minimum atomic E-state index is -0.618. The minimum Gasteiger partial charge on any atom is -0.460 e. The number of aryl methyl sites for hydroxylation is 1. The number of esters is 1. The van der Waals surface area contributed by atoms with Crippen molar-refractivity contribution in [2.45, 2.75) is 13.8 Å². The van der Waals surface area contributed by atoms with Gasteiger partial charge in [0.25, 0.3) is 0 Å². The van der Waals surface area contributed by atoms with Gasteiger partial charge >= 0.3 is 5.97 Å². The minimum absolute atomic E-state index is 0.0467. The van der Waals surface area contributed by atoms with E-state index in [-0.39, 0.29) is 18.0 Å². The molecule has 0 atom stereocenters. The van der Waals surface area contributed by atoms with Crippen LogP contribution in [0.3, 0.4) is 0 Å². The van der Waals surface area contributed by atoms with Gasteiger partial charge in [0.05, 0.1) is 6.61 Å². The Bertz CT molecular complexity index is 489. The van der Waals surface area contributed by atoms with E-state index in [0.29, 0.717) is 6.61 Å². The molecule has 19 heavy (non-hydrogen) atoms. The molecule has 4 nitrogen and oxygen atoms in total. The lowest BCUT2D eigenvalue weighted by molar-refractivity contribution is -0.141. The van der Waals surface area contributed by atoms with Gasteiger partial charge in [-0.2, -0.15) is 0 Å². The molecule has 1 aromatic carbocycles. The molecular weight excluding hydrogens is 244 g/mol. The van der Waals surface area contributed by atoms with Crippen molar-refractivity contribution in [1.82, 2.24) is 0 Å². The maximum Gasteiger partial charge on any atom is 0.341 e. The van der Waals surface area contributed by atoms with Gasteiger partial charge in [-0.25, -0.2) is 4.79 Å². The number of hydrogen-bond acceptors (Lipinski definition) is 4. The Kier molecular flexibility index (Phi) is 5.96. The lowest BCUT2D eigenvalue weighted by atomic mass is 10.0. The van der Waals surface area contributed by atoms with E-state index in [1.165, 1.54) is 14.0 Å². The van der Waals surface area contributed by atoms with E-state index in [9.17, 15) is 9.59 Å². The highest BCUT2D eigenvalue weighted by molar-refractivity contribution is 6.19. The van der Waals surface area contributed by atoms with E-state index in [2.05, 4.69) is 0 Å². The molecule has 0 fully saturated rings. The van der Waals surface area contributed by atoms with Gasteiger partial charge in [-0.15, -0.1) is 0 Å². The number of hydrogen-bond donors (Lipinski definition) is 0. The van der Waals surface area contributed by atoms with Gasteiger partial charge in [0.2, 0.25) is 0 Å². The zero-order chi connectivity index (χ0) is 14.3. The third-order valence-corrected chi connectivity index (χ3v) is 2.61. The first-order chi connectivity index (χ1) is 9.06. The van der Waals surface area contributed by atoms with Crippen molar-refractivity contribution in [3.63, 3.8) is 0 Å². The quantitative estimate of drug-likeness (QED) is 0.259. The Labute approximate surface area is 113 Å². The fourth-order valence-electron chi connectivity index (χ4n) is 1.50. The van der Waals surface area contributed by atoms with Gasteiger partial charge < -0.3 is 9.47 Å². The molecule has 4 heteroatoms. The van der Waals surface area contributed by atoms with Crippen molar-refractivity contribution < 1.29 is 19.1 Å². The second-order valence-corrected chi connectivity index (χ2v) is 4.10. The predicted octanol–water partition coefficient (Wildman–Crippen LogP) is 2.16. The van der Waals surface area contributed by atoms with Gasteiger partial charge in [-0.1, -0.05) is 24.3 Å². The first kappa shape index (κ1) is 15.1. The molecule has 1 rings (SSSR count). The number of Topliss-reactive ketones (excluding diaryl/α,β-unsaturated/α-hetero) is 1. The summed E-state index contributed by atoms with van der Waals surface area (Å²) in [6.45, 7) is 3.70. The second-order valence-electron chi connectivity index (χ2n) is 4.10. The van der Waals surface area contributed by atoms with E-state index in [1.807, 2.05) is 31.2 Å². The first-order valence-corrected chi connectivity index (χ1v) is 6.00. The van der Waals surface area contributed by atoms with Crippen LogP contribution in [-0.2, 0) is 19.1 Å². The van der Waals surface area contributed by atoms with E-state index >= 15 is 0 Å². The largest absolute Gasteiger partial charge is 0.460 e. The third kappa shape index (κ3) is 4.67. The van der Waals surface area contributed by atoms with Crippen LogP contribution in [0.2, 0.25) is 0 Å². The third-order valence-electron chi connectivity index (χ3n) is 2.61. The first-order valence-electron chi connectivity index (χ1n) is 6.00. The smallest absolute Gasteiger partial charge is 0.341 e. The number of ketones is 1. The van der Waals surface area contributed by atoms with Crippen molar-refractivity contribution >= 4 is 17.8 Å². The predicted molar refractivity (Wildman–Crippen MR) is 72.7 cm³/mol. The Hall–Kier alpha value is -1.94. The topological polar surface area (TPSA) is 52.6 Å². The van der Waals surface area contributed by atoms with Crippen LogP contribution >= 0.6 is 0 Å². The van der Waals surface area contributed by atoms with Crippen molar-refractivity contribution in [2.24, 2.45) is 0 Å². The Morgan fingerprint density at radius 3 is 2.47 bits per heavy atom. The van der Waals surface area contributed by atoms with Crippen molar-refractivity contribution in [3.8, 4) is 0 Å². The van der Waals surface area contributed by atoms with E-state index in [4.69, 9.17) is 9.47 Å². The molecule has 0 aliphatic heterocycles. The molecule has 0 aromatic heterocycles. The van der Waals surface area contributed by atoms with Gasteiger partial charge in [-0.05, 0) is 31.1 Å². The molecule has 0 amide bonds. The van der Waals surface area contributed by atoms with Gasteiger partial charge in [-0.3, -0.25) is 4.79 Å². The number of rotatable bonds is 6. The zero-order valence-electron chi connectivity index (χ0n) is 11.4. The summed E-state index contributed by atoms with van der Waals surface area (Å²) in [5.74, 6) is -0.932. The van der Waals surface area contributed by atoms with Gasteiger partial charge in [0.1, 0.15) is 12.2 Å². The van der Waals surface area contributed by atoms with Crippen molar-refractivity contribution in [2.75, 3.05) is 20.3 Å². The summed E-state index contributed by atoms with van der Waals surface area (Å²) in [6.07, 6.45) is 1.56. The van der Waals surface area contributed by atoms with Crippen LogP contribution in [0.1, 0.15) is 18.1 Å². The lowest BCUT2D eigenvalue weighted by Crippen LogP contribution is -2.16. The molecule has 1 aromatic rings. The van der Waals surface area contributed by atoms with Crippen LogP contribution in [0.25, 0.3) is 6.08 Å². The van der Waals surface area contributed by atoms with Gasteiger partial charge in [0, 0.05) is 7.11 Å². The average Bonchev–Trinajstić information content (AvgIpc) is 2.37. The summed E-state index contributed by atoms with van der Waals surface area (Å²) in [5.41, 5.74) is 1.87. The highest BCUT2D eigenvalue weighted by Gasteiger charge is 2.16. The molecule has 0 saturated heterocycles. The molecular formula is C15H18O4. The molecule has 0 aliphatic carbocycles. The molecule has 0 saturated carbocycles. The van der Waals surface area contributed by atoms with Gasteiger partial charge in [0.15, 0.2) is 5.78 Å². The van der Waals surface area contributed by atoms with Crippen LogP contribution in [0.15, 0.2) is 29.8 Å². The second kappa shape index (κ2) is 7.48. The summed E-state index contributed by atoms with van der Waals surface area (Å²) in [7, 11) is 1.52. The average molecular weight is 262 g/mol. The van der Waals surface area contributed by atoms with E-state index < -0.39 is 5.97 Å². The van der Waals surface area contributed by atoms with Crippen LogP contribution in [0, 0.1) is 6.92 Å². The van der Waals surface area contributed by atoms with Crippen LogP contribution in [0.4, 0.5) is 0 Å². The fraction of sp³-hybridized carbons (Fsp3) is 0.333. The molecule has 0 heterocycles. The maximum atomic E-state index is 11.8. The summed E-state index contributed by atoms with van der Waals surface area (Å²) in [5, 5.41) is 0. The number of ether oxygens (including phenoxy) is 2. The van der Waals surface area contributed by atoms with Crippen LogP contribution in [0.5, 0.6) is 0 Å². The Morgan fingerprint density at radius 2 is 1.89 bits per heavy atom. The normalized spacial score (nSPS) is 11.2. The highest BCUT2D eigenvalue weighted by atomic mass is 16.6. The molecule has 0 spiro atoms. The molecule has 0 N–H and O–H groups in total. The summed E-state index contributed by atoms with van der Waals surface area (Å²) >= 11 is 0. The number of methoxy groups -OCH3 is 1. The number of carbonyl (C=O) groups is 2. The highest BCUT2D eigenvalue weighted by Crippen LogP contribution is 2.13. The zero-order valence-corrected chi connectivity index (χ0v) is 11.4. The van der Waals surface area contributed by atoms with Crippen LogP contribution < -0.4 is 0 Å². The molecule has 0 radical (unpaired) electrons. The molecule has 0 unspecified atom stereocenters. The summed E-state index contributed by atoms with van der Waals surface area (Å²) < 4.78 is 9.75. The van der Waals surface area contributed by atoms with Crippen molar-refractivity contribution in [3.05, 3.63) is 41.0 Å². The molecule has 0 bridgehead atoms. The Morgan fingerprint density at radius 1 is 1.21 bits per heavy atom. The molecule has 102 valence electrons. The van der Waals surface area contributed by atoms with E-state index in [1.54, 1.807) is 6.08 Å². The summed E-state index contributed by atoms with van der Waals surface area (Å²) in [6, 6.07) is 7.52. The SMILES string of the molecule is COCCOC(=O)/C(=C\c1ccccc1C)C(C)=O. The van der Waals surface area contributed by atoms with Crippen LogP contribution in [-0.4, -0.2) is 32.1 Å². The fourth-order valence-corrected chi connectivity index (χ4v) is 1.50. The standard InChI is InChI=1S/C15H18O4/c1-11-6-4-5-7-13(11)10-14(12(2)16)15(17)19-9-8-18-3/h4-7,10H,8-9H2,1-3H3/b14-10-. The summed E-state index contributed by atoms with van der Waals surface area (Å²) in [4.78, 5) is 23.3. The maximum absolute atomic E-state index is 11.8. The lowest BCUT2D eigenvalue weighted by Gasteiger charge is -2.06. The monoisotopic (exact) mass is 262 g/mol. The van der Waals surface area contributed by atoms with Crippen molar-refractivity contribution in [1.29, 1.82) is 0 Å². The van der Waals surface area contributed by atoms with E-state index in [0.717, 1.165) is 11.1 Å². The number of carbonyl (C=O) groups excluding carboxylic acids is 2. The Balaban J connectivity index is 2.92. The number of benzene rings is 1.